The highest BCUT2D eigenvalue weighted by atomic mass is 35.5. The van der Waals surface area contributed by atoms with E-state index in [-0.39, 0.29) is 27.3 Å². The molecule has 0 radical (unpaired) electrons. The lowest BCUT2D eigenvalue weighted by Gasteiger charge is -2.09. The van der Waals surface area contributed by atoms with Crippen molar-refractivity contribution in [3.05, 3.63) is 110 Å². The van der Waals surface area contributed by atoms with Crippen LogP contribution in [-0.2, 0) is 5.75 Å². The highest BCUT2D eigenvalue weighted by Gasteiger charge is 2.15. The summed E-state index contributed by atoms with van der Waals surface area (Å²) in [6.45, 7) is 0. The number of halogens is 3. The third-order valence-electron chi connectivity index (χ3n) is 4.85. The molecule has 0 aliphatic carbocycles. The van der Waals surface area contributed by atoms with Crippen LogP contribution in [0.1, 0.15) is 21.5 Å². The summed E-state index contributed by atoms with van der Waals surface area (Å²) in [5, 5.41) is 13.1. The van der Waals surface area contributed by atoms with E-state index < -0.39 is 11.4 Å². The van der Waals surface area contributed by atoms with E-state index >= 15 is 0 Å². The number of H-pyrrole nitrogens is 1. The number of amides is 1. The van der Waals surface area contributed by atoms with Crippen LogP contribution >= 0.6 is 35.0 Å². The van der Waals surface area contributed by atoms with Crippen LogP contribution in [0.15, 0.2) is 76.7 Å². The SMILES string of the molecule is N#Cc1c(-c2cccc(F)c2)nc(SCc2cccc(NC(=O)c3ccc(Cl)c(Cl)c3)c2)[nH]c1=O. The van der Waals surface area contributed by atoms with E-state index in [1.165, 1.54) is 36.0 Å². The van der Waals surface area contributed by atoms with Gasteiger partial charge in [-0.1, -0.05) is 59.2 Å². The van der Waals surface area contributed by atoms with Crippen molar-refractivity contribution in [2.24, 2.45) is 0 Å². The second-order valence-electron chi connectivity index (χ2n) is 7.29. The quantitative estimate of drug-likeness (QED) is 0.228. The molecule has 0 unspecified atom stereocenters. The molecule has 4 aromatic rings. The summed E-state index contributed by atoms with van der Waals surface area (Å²) in [5.74, 6) is -0.429. The maximum absolute atomic E-state index is 13.7. The van der Waals surface area contributed by atoms with Crippen LogP contribution in [0.25, 0.3) is 11.3 Å². The van der Waals surface area contributed by atoms with Crippen LogP contribution < -0.4 is 10.9 Å². The number of rotatable bonds is 6. The number of aromatic nitrogens is 2. The van der Waals surface area contributed by atoms with E-state index in [4.69, 9.17) is 23.2 Å². The molecule has 0 saturated carbocycles. The first-order valence-corrected chi connectivity index (χ1v) is 11.9. The van der Waals surface area contributed by atoms with Gasteiger partial charge >= 0.3 is 0 Å². The minimum Gasteiger partial charge on any atom is -0.322 e. The van der Waals surface area contributed by atoms with Crippen molar-refractivity contribution < 1.29 is 9.18 Å². The Kier molecular flexibility index (Phi) is 7.51. The van der Waals surface area contributed by atoms with Crippen molar-refractivity contribution in [3.63, 3.8) is 0 Å². The first kappa shape index (κ1) is 24.5. The van der Waals surface area contributed by atoms with Crippen molar-refractivity contribution >= 4 is 46.6 Å². The average molecular weight is 525 g/mol. The summed E-state index contributed by atoms with van der Waals surface area (Å²) in [5.41, 5.74) is 1.44. The molecule has 0 atom stereocenters. The van der Waals surface area contributed by atoms with Crippen molar-refractivity contribution in [3.8, 4) is 17.3 Å². The Morgan fingerprint density at radius 3 is 2.63 bits per heavy atom. The van der Waals surface area contributed by atoms with Crippen LogP contribution in [0.4, 0.5) is 10.1 Å². The van der Waals surface area contributed by atoms with Gasteiger partial charge in [-0.05, 0) is 48.0 Å². The van der Waals surface area contributed by atoms with Crippen molar-refractivity contribution in [1.82, 2.24) is 9.97 Å². The Balaban J connectivity index is 1.52. The van der Waals surface area contributed by atoms with Gasteiger partial charge < -0.3 is 10.3 Å². The molecule has 174 valence electrons. The lowest BCUT2D eigenvalue weighted by atomic mass is 10.1. The van der Waals surface area contributed by atoms with Crippen molar-refractivity contribution in [2.75, 3.05) is 5.32 Å². The average Bonchev–Trinajstić information content (AvgIpc) is 2.84. The largest absolute Gasteiger partial charge is 0.322 e. The van der Waals surface area contributed by atoms with Crippen LogP contribution in [0.3, 0.4) is 0 Å². The highest BCUT2D eigenvalue weighted by molar-refractivity contribution is 7.98. The Labute approximate surface area is 213 Å². The molecule has 6 nitrogen and oxygen atoms in total. The van der Waals surface area contributed by atoms with Gasteiger partial charge in [0.05, 0.1) is 15.7 Å². The zero-order valence-electron chi connectivity index (χ0n) is 17.8. The number of benzene rings is 3. The molecule has 0 spiro atoms. The number of nitriles is 1. The molecular formula is C25H15Cl2FN4O2S. The van der Waals surface area contributed by atoms with Crippen molar-refractivity contribution in [1.29, 1.82) is 5.26 Å². The van der Waals surface area contributed by atoms with Crippen LogP contribution in [0.2, 0.25) is 10.0 Å². The zero-order valence-corrected chi connectivity index (χ0v) is 20.1. The Hall–Kier alpha value is -3.64. The van der Waals surface area contributed by atoms with E-state index in [1.807, 2.05) is 12.1 Å². The van der Waals surface area contributed by atoms with E-state index in [0.717, 1.165) is 5.56 Å². The van der Waals surface area contributed by atoms with Gasteiger partial charge in [0.25, 0.3) is 11.5 Å². The summed E-state index contributed by atoms with van der Waals surface area (Å²) in [4.78, 5) is 31.9. The number of aromatic amines is 1. The minimum absolute atomic E-state index is 0.112. The molecular weight excluding hydrogens is 510 g/mol. The molecule has 35 heavy (non-hydrogen) atoms. The summed E-state index contributed by atoms with van der Waals surface area (Å²) in [6.07, 6.45) is 0. The maximum Gasteiger partial charge on any atom is 0.270 e. The molecule has 10 heteroatoms. The number of carbonyl (C=O) groups is 1. The monoisotopic (exact) mass is 524 g/mol. The topological polar surface area (TPSA) is 98.6 Å². The number of hydrogen-bond donors (Lipinski definition) is 2. The Bertz CT molecular complexity index is 1530. The van der Waals surface area contributed by atoms with Gasteiger partial charge in [-0.2, -0.15) is 5.26 Å². The van der Waals surface area contributed by atoms with Gasteiger partial charge in [-0.3, -0.25) is 9.59 Å². The molecule has 0 aliphatic rings. The van der Waals surface area contributed by atoms with Gasteiger partial charge in [0, 0.05) is 22.6 Å². The number of hydrogen-bond acceptors (Lipinski definition) is 5. The van der Waals surface area contributed by atoms with Crippen LogP contribution in [0, 0.1) is 17.1 Å². The molecule has 2 N–H and O–H groups in total. The first-order valence-electron chi connectivity index (χ1n) is 10.1. The summed E-state index contributed by atoms with van der Waals surface area (Å²) in [6, 6.07) is 19.2. The number of carbonyl (C=O) groups excluding carboxylic acids is 1. The minimum atomic E-state index is -0.605. The molecule has 1 heterocycles. The van der Waals surface area contributed by atoms with Crippen LogP contribution in [-0.4, -0.2) is 15.9 Å². The zero-order chi connectivity index (χ0) is 24.9. The van der Waals surface area contributed by atoms with Crippen molar-refractivity contribution in [2.45, 2.75) is 10.9 Å². The van der Waals surface area contributed by atoms with E-state index in [0.29, 0.717) is 27.6 Å². The second kappa shape index (κ2) is 10.7. The van der Waals surface area contributed by atoms with Gasteiger partial charge in [0.2, 0.25) is 0 Å². The van der Waals surface area contributed by atoms with Gasteiger partial charge in [-0.15, -0.1) is 0 Å². The fourth-order valence-electron chi connectivity index (χ4n) is 3.20. The summed E-state index contributed by atoms with van der Waals surface area (Å²) >= 11 is 13.1. The number of nitrogens with one attached hydrogen (secondary N) is 2. The lowest BCUT2D eigenvalue weighted by Crippen LogP contribution is -2.14. The van der Waals surface area contributed by atoms with Gasteiger partial charge in [-0.25, -0.2) is 9.37 Å². The molecule has 0 fully saturated rings. The molecule has 1 aromatic heterocycles. The maximum atomic E-state index is 13.7. The predicted molar refractivity (Wildman–Crippen MR) is 135 cm³/mol. The summed E-state index contributed by atoms with van der Waals surface area (Å²) in [7, 11) is 0. The molecule has 0 aliphatic heterocycles. The third kappa shape index (κ3) is 5.89. The standard InChI is InChI=1S/C25H15Cl2FN4O2S/c26-20-8-7-16(11-21(20)27)23(33)30-18-6-1-3-14(9-18)13-35-25-31-22(19(12-29)24(34)32-25)15-4-2-5-17(28)10-15/h1-11H,13H2,(H,30,33)(H,31,32,34). The number of nitrogens with zero attached hydrogens (tertiary/aromatic N) is 2. The smallest absolute Gasteiger partial charge is 0.270 e. The fourth-order valence-corrected chi connectivity index (χ4v) is 4.30. The van der Waals surface area contributed by atoms with Gasteiger partial charge in [0.1, 0.15) is 17.4 Å². The molecule has 0 saturated heterocycles. The second-order valence-corrected chi connectivity index (χ2v) is 9.07. The van der Waals surface area contributed by atoms with E-state index in [1.54, 1.807) is 36.4 Å². The molecule has 4 rings (SSSR count). The highest BCUT2D eigenvalue weighted by Crippen LogP contribution is 2.26. The predicted octanol–water partition coefficient (Wildman–Crippen LogP) is 6.30. The molecule has 3 aromatic carbocycles. The lowest BCUT2D eigenvalue weighted by molar-refractivity contribution is 0.102. The first-order chi connectivity index (χ1) is 16.8. The van der Waals surface area contributed by atoms with E-state index in [9.17, 15) is 19.2 Å². The van der Waals surface area contributed by atoms with E-state index in [2.05, 4.69) is 15.3 Å². The van der Waals surface area contributed by atoms with Crippen LogP contribution in [0.5, 0.6) is 0 Å². The van der Waals surface area contributed by atoms with Gasteiger partial charge in [0.15, 0.2) is 5.16 Å². The molecule has 0 bridgehead atoms. The normalized spacial score (nSPS) is 10.6. The summed E-state index contributed by atoms with van der Waals surface area (Å²) < 4.78 is 13.7. The fraction of sp³-hybridized carbons (Fsp3) is 0.0400. The Morgan fingerprint density at radius 1 is 1.09 bits per heavy atom. The number of anilines is 1. The Morgan fingerprint density at radius 2 is 1.89 bits per heavy atom. The number of thioether (sulfide) groups is 1. The third-order valence-corrected chi connectivity index (χ3v) is 6.53. The molecule has 1 amide bonds.